The number of aliphatic carboxylic acids is 1. The molecule has 0 aliphatic rings. The molecule has 0 bridgehead atoms. The lowest BCUT2D eigenvalue weighted by molar-refractivity contribution is -0.137. The quantitative estimate of drug-likeness (QED) is 0.186. The number of carboxylic acid groups (broad SMARTS) is 1. The van der Waals surface area contributed by atoms with E-state index in [9.17, 15) is 23.1 Å². The third-order valence-electron chi connectivity index (χ3n) is 7.77. The van der Waals surface area contributed by atoms with Crippen LogP contribution in [-0.2, 0) is 21.2 Å². The first-order valence-corrected chi connectivity index (χ1v) is 16.9. The summed E-state index contributed by atoms with van der Waals surface area (Å²) in [4.78, 5) is 41.1. The van der Waals surface area contributed by atoms with Crippen LogP contribution in [0.1, 0.15) is 36.6 Å². The van der Waals surface area contributed by atoms with Crippen LogP contribution in [0.5, 0.6) is 11.5 Å². The number of carbonyl (C=O) groups is 2. The molecular formula is C34H41N7O7S. The molecule has 2 N–H and O–H groups in total. The number of rotatable bonds is 14. The number of ether oxygens (including phenoxy) is 2. The van der Waals surface area contributed by atoms with E-state index in [1.807, 2.05) is 49.9 Å². The van der Waals surface area contributed by atoms with Gasteiger partial charge in [-0.25, -0.2) is 22.3 Å². The minimum atomic E-state index is -4.10. The van der Waals surface area contributed by atoms with E-state index in [0.29, 0.717) is 23.6 Å². The molecule has 1 amide bonds. The molecule has 2 atom stereocenters. The van der Waals surface area contributed by atoms with Gasteiger partial charge in [-0.15, -0.1) is 0 Å². The van der Waals surface area contributed by atoms with Crippen LogP contribution in [0.2, 0.25) is 0 Å². The van der Waals surface area contributed by atoms with Gasteiger partial charge in [0, 0.05) is 34.1 Å². The summed E-state index contributed by atoms with van der Waals surface area (Å²) >= 11 is 0. The topological polar surface area (TPSA) is 167 Å². The Morgan fingerprint density at radius 2 is 1.47 bits per heavy atom. The minimum Gasteiger partial charge on any atom is -0.497 e. The molecule has 4 rings (SSSR count). The smallest absolute Gasteiger partial charge is 0.414 e. The van der Waals surface area contributed by atoms with Crippen molar-refractivity contribution in [2.24, 2.45) is 0 Å². The molecule has 1 heterocycles. The standard InChI is InChI=1S/C34H41N7O7S/c1-8-41(23(3)25-13-17-26(47-7)18-14-25)33-37-31(36-32(38-33)40(6)49(45,46)28-19-9-22(2)10-20-28)35-29(30(42)43)21-24-11-15-27(16-12-24)48-34(44)39(4)5/h9-20,23,29H,8,21H2,1-7H3,(H,42,43)(H,35,36,37,38)/t23?,29-/m0/s1. The molecule has 0 radical (unpaired) electrons. The lowest BCUT2D eigenvalue weighted by Gasteiger charge is -2.30. The van der Waals surface area contributed by atoms with Crippen LogP contribution < -0.4 is 24.0 Å². The molecule has 14 nitrogen and oxygen atoms in total. The van der Waals surface area contributed by atoms with Crippen molar-refractivity contribution in [1.82, 2.24) is 19.9 Å². The van der Waals surface area contributed by atoms with Gasteiger partial charge < -0.3 is 29.7 Å². The lowest BCUT2D eigenvalue weighted by atomic mass is 10.1. The number of nitrogens with zero attached hydrogens (tertiary/aromatic N) is 6. The maximum absolute atomic E-state index is 13.7. The maximum Gasteiger partial charge on any atom is 0.414 e. The molecule has 15 heteroatoms. The second-order valence-electron chi connectivity index (χ2n) is 11.4. The second kappa shape index (κ2) is 15.6. The zero-order chi connectivity index (χ0) is 35.9. The summed E-state index contributed by atoms with van der Waals surface area (Å²) < 4.78 is 38.8. The number of anilines is 3. The summed E-state index contributed by atoms with van der Waals surface area (Å²) in [7, 11) is 1.94. The van der Waals surface area contributed by atoms with Crippen LogP contribution in [0.25, 0.3) is 0 Å². The molecule has 0 fully saturated rings. The summed E-state index contributed by atoms with van der Waals surface area (Å²) in [6.07, 6.45) is -0.541. The van der Waals surface area contributed by atoms with Gasteiger partial charge in [0.25, 0.3) is 10.0 Å². The number of aryl methyl sites for hydroxylation is 1. The molecule has 1 unspecified atom stereocenters. The largest absolute Gasteiger partial charge is 0.497 e. The Morgan fingerprint density at radius 1 is 0.878 bits per heavy atom. The van der Waals surface area contributed by atoms with Crippen LogP contribution in [-0.4, -0.2) is 86.3 Å². The van der Waals surface area contributed by atoms with Crippen molar-refractivity contribution < 1.29 is 32.6 Å². The summed E-state index contributed by atoms with van der Waals surface area (Å²) in [6, 6.07) is 18.8. The highest BCUT2D eigenvalue weighted by Crippen LogP contribution is 2.29. The van der Waals surface area contributed by atoms with Crippen molar-refractivity contribution in [3.63, 3.8) is 0 Å². The maximum atomic E-state index is 13.7. The fourth-order valence-electron chi connectivity index (χ4n) is 4.79. The van der Waals surface area contributed by atoms with Crippen molar-refractivity contribution in [2.45, 2.75) is 44.2 Å². The van der Waals surface area contributed by atoms with E-state index >= 15 is 0 Å². The normalized spacial score (nSPS) is 12.4. The Hall–Kier alpha value is -5.44. The van der Waals surface area contributed by atoms with E-state index in [2.05, 4.69) is 20.3 Å². The highest BCUT2D eigenvalue weighted by molar-refractivity contribution is 7.92. The predicted molar refractivity (Wildman–Crippen MR) is 186 cm³/mol. The minimum absolute atomic E-state index is 0.00480. The van der Waals surface area contributed by atoms with Gasteiger partial charge in [-0.1, -0.05) is 42.0 Å². The number of hydrogen-bond donors (Lipinski definition) is 2. The average Bonchev–Trinajstić information content (AvgIpc) is 3.08. The van der Waals surface area contributed by atoms with Crippen molar-refractivity contribution in [3.8, 4) is 11.5 Å². The monoisotopic (exact) mass is 691 g/mol. The molecular weight excluding hydrogens is 650 g/mol. The van der Waals surface area contributed by atoms with Crippen LogP contribution in [0.4, 0.5) is 22.6 Å². The Morgan fingerprint density at radius 3 is 2.02 bits per heavy atom. The molecule has 0 saturated heterocycles. The summed E-state index contributed by atoms with van der Waals surface area (Å²) in [5, 5.41) is 13.1. The predicted octanol–water partition coefficient (Wildman–Crippen LogP) is 4.77. The van der Waals surface area contributed by atoms with E-state index in [1.54, 1.807) is 57.6 Å². The van der Waals surface area contributed by atoms with Gasteiger partial charge in [0.1, 0.15) is 17.5 Å². The number of nitrogens with one attached hydrogen (secondary N) is 1. The number of carboxylic acids is 1. The zero-order valence-electron chi connectivity index (χ0n) is 28.5. The van der Waals surface area contributed by atoms with Gasteiger partial charge in [-0.05, 0) is 68.3 Å². The molecule has 0 spiro atoms. The Labute approximate surface area is 286 Å². The Bertz CT molecular complexity index is 1850. The van der Waals surface area contributed by atoms with Gasteiger partial charge in [-0.2, -0.15) is 15.0 Å². The van der Waals surface area contributed by atoms with Gasteiger partial charge in [-0.3, -0.25) is 0 Å². The number of methoxy groups -OCH3 is 1. The first kappa shape index (κ1) is 36.4. The summed E-state index contributed by atoms with van der Waals surface area (Å²) in [5.74, 6) is -0.385. The van der Waals surface area contributed by atoms with Crippen LogP contribution in [0.15, 0.2) is 77.7 Å². The average molecular weight is 692 g/mol. The van der Waals surface area contributed by atoms with Crippen molar-refractivity contribution in [1.29, 1.82) is 0 Å². The van der Waals surface area contributed by atoms with Gasteiger partial charge in [0.15, 0.2) is 0 Å². The number of benzene rings is 3. The lowest BCUT2D eigenvalue weighted by Crippen LogP contribution is -2.35. The first-order valence-electron chi connectivity index (χ1n) is 15.4. The fraction of sp³-hybridized carbons (Fsp3) is 0.324. The molecule has 1 aromatic heterocycles. The van der Waals surface area contributed by atoms with Gasteiger partial charge >= 0.3 is 12.1 Å². The van der Waals surface area contributed by atoms with Crippen molar-refractivity contribution >= 4 is 39.9 Å². The zero-order valence-corrected chi connectivity index (χ0v) is 29.3. The number of hydrogen-bond acceptors (Lipinski definition) is 11. The first-order chi connectivity index (χ1) is 23.2. The number of amides is 1. The van der Waals surface area contributed by atoms with Crippen LogP contribution in [0, 0.1) is 6.92 Å². The Kier molecular flexibility index (Phi) is 11.6. The Balaban J connectivity index is 1.72. The molecule has 0 aliphatic heterocycles. The summed E-state index contributed by atoms with van der Waals surface area (Å²) in [6.45, 7) is 6.14. The second-order valence-corrected chi connectivity index (χ2v) is 13.4. The van der Waals surface area contributed by atoms with E-state index in [1.165, 1.54) is 24.1 Å². The van der Waals surface area contributed by atoms with Gasteiger partial charge in [0.05, 0.1) is 18.0 Å². The number of aromatic nitrogens is 3. The molecule has 0 saturated carbocycles. The van der Waals surface area contributed by atoms with E-state index in [-0.39, 0.29) is 35.2 Å². The summed E-state index contributed by atoms with van der Waals surface area (Å²) in [5.41, 5.74) is 2.44. The number of carbonyl (C=O) groups excluding carboxylic acids is 1. The molecule has 260 valence electrons. The van der Waals surface area contributed by atoms with E-state index < -0.39 is 28.1 Å². The van der Waals surface area contributed by atoms with Gasteiger partial charge in [0.2, 0.25) is 17.8 Å². The molecule has 3 aromatic carbocycles. The number of sulfonamides is 1. The van der Waals surface area contributed by atoms with E-state index in [4.69, 9.17) is 9.47 Å². The van der Waals surface area contributed by atoms with E-state index in [0.717, 1.165) is 15.4 Å². The van der Waals surface area contributed by atoms with Crippen molar-refractivity contribution in [2.75, 3.05) is 49.3 Å². The highest BCUT2D eigenvalue weighted by Gasteiger charge is 2.28. The third kappa shape index (κ3) is 8.93. The SMILES string of the molecule is CCN(c1nc(N[C@@H](Cc2ccc(OC(=O)N(C)C)cc2)C(=O)O)nc(N(C)S(=O)(=O)c2ccc(C)cc2)n1)C(C)c1ccc(OC)cc1. The van der Waals surface area contributed by atoms with Crippen molar-refractivity contribution in [3.05, 3.63) is 89.5 Å². The highest BCUT2D eigenvalue weighted by atomic mass is 32.2. The third-order valence-corrected chi connectivity index (χ3v) is 9.52. The molecule has 4 aromatic rings. The van der Waals surface area contributed by atoms with Crippen LogP contribution in [0.3, 0.4) is 0 Å². The molecule has 49 heavy (non-hydrogen) atoms. The fourth-order valence-corrected chi connectivity index (χ4v) is 5.88. The van der Waals surface area contributed by atoms with Crippen LogP contribution >= 0.6 is 0 Å². The molecule has 0 aliphatic carbocycles.